The zero-order valence-electron chi connectivity index (χ0n) is 13.6. The molecule has 1 aromatic rings. The van der Waals surface area contributed by atoms with Gasteiger partial charge in [-0.25, -0.2) is 0 Å². The summed E-state index contributed by atoms with van der Waals surface area (Å²) in [6, 6.07) is 3.52. The Morgan fingerprint density at radius 1 is 1.29 bits per heavy atom. The van der Waals surface area contributed by atoms with Crippen LogP contribution in [0.4, 0.5) is 0 Å². The molecule has 2 unspecified atom stereocenters. The molecule has 1 aromatic heterocycles. The topological polar surface area (TPSA) is 88.8 Å². The molecule has 5 rings (SSSR count). The number of rotatable bonds is 5. The average Bonchev–Trinajstić information content (AvgIpc) is 3.01. The Morgan fingerprint density at radius 3 is 2.67 bits per heavy atom. The molecule has 0 spiro atoms. The van der Waals surface area contributed by atoms with Crippen molar-refractivity contribution in [3.8, 4) is 0 Å². The lowest BCUT2D eigenvalue weighted by Gasteiger charge is -2.58. The number of carbonyl (C=O) groups excluding carboxylic acids is 2. The van der Waals surface area contributed by atoms with Crippen molar-refractivity contribution in [2.75, 3.05) is 6.61 Å². The van der Waals surface area contributed by atoms with Gasteiger partial charge in [0.05, 0.1) is 23.8 Å². The molecule has 6 nitrogen and oxygen atoms in total. The van der Waals surface area contributed by atoms with Crippen molar-refractivity contribution in [2.45, 2.75) is 50.7 Å². The molecule has 2 N–H and O–H groups in total. The number of furan rings is 1. The summed E-state index contributed by atoms with van der Waals surface area (Å²) in [7, 11) is 0. The third kappa shape index (κ3) is 2.83. The van der Waals surface area contributed by atoms with Crippen LogP contribution in [0.2, 0.25) is 0 Å². The van der Waals surface area contributed by atoms with Crippen LogP contribution in [0.1, 0.15) is 44.3 Å². The molecule has 1 heterocycles. The lowest BCUT2D eigenvalue weighted by atomic mass is 9.48. The lowest BCUT2D eigenvalue weighted by molar-refractivity contribution is -0.196. The molecule has 0 radical (unpaired) electrons. The first-order chi connectivity index (χ1) is 11.5. The molecule has 4 aliphatic rings. The molecule has 6 heteroatoms. The number of carbonyl (C=O) groups is 2. The predicted octanol–water partition coefficient (Wildman–Crippen LogP) is 1.77. The lowest BCUT2D eigenvalue weighted by Crippen LogP contribution is -2.58. The fourth-order valence-electron chi connectivity index (χ4n) is 5.39. The summed E-state index contributed by atoms with van der Waals surface area (Å²) in [6.45, 7) is -0.00647. The Bertz CT molecular complexity index is 624. The first kappa shape index (κ1) is 15.7. The summed E-state index contributed by atoms with van der Waals surface area (Å²) in [5.41, 5.74) is -1.29. The van der Waals surface area contributed by atoms with Crippen LogP contribution in [0, 0.1) is 17.3 Å². The summed E-state index contributed by atoms with van der Waals surface area (Å²) in [5.74, 6) is 0.817. The number of esters is 1. The maximum Gasteiger partial charge on any atom is 0.312 e. The van der Waals surface area contributed by atoms with Gasteiger partial charge in [0.1, 0.15) is 5.76 Å². The molecule has 4 saturated carbocycles. The van der Waals surface area contributed by atoms with Gasteiger partial charge in [-0.15, -0.1) is 0 Å². The number of hydrogen-bond acceptors (Lipinski definition) is 5. The second-order valence-corrected chi connectivity index (χ2v) is 7.90. The molecule has 130 valence electrons. The monoisotopic (exact) mass is 333 g/mol. The van der Waals surface area contributed by atoms with Gasteiger partial charge in [0.2, 0.25) is 0 Å². The summed E-state index contributed by atoms with van der Waals surface area (Å²) in [6.07, 6.45) is 6.34. The van der Waals surface area contributed by atoms with E-state index in [-0.39, 0.29) is 25.0 Å². The van der Waals surface area contributed by atoms with Gasteiger partial charge in [0, 0.05) is 0 Å². The van der Waals surface area contributed by atoms with E-state index in [0.29, 0.717) is 24.0 Å². The van der Waals surface area contributed by atoms with Gasteiger partial charge in [-0.2, -0.15) is 0 Å². The number of nitrogens with one attached hydrogen (secondary N) is 1. The molecular weight excluding hydrogens is 310 g/mol. The third-order valence-corrected chi connectivity index (χ3v) is 5.84. The van der Waals surface area contributed by atoms with Crippen molar-refractivity contribution in [3.63, 3.8) is 0 Å². The molecular formula is C18H23NO5. The highest BCUT2D eigenvalue weighted by molar-refractivity contribution is 5.83. The molecule has 0 saturated heterocycles. The number of ether oxygens (including phenoxy) is 1. The highest BCUT2D eigenvalue weighted by atomic mass is 16.5. The van der Waals surface area contributed by atoms with Gasteiger partial charge >= 0.3 is 5.97 Å². The summed E-state index contributed by atoms with van der Waals surface area (Å²) >= 11 is 0. The second-order valence-electron chi connectivity index (χ2n) is 7.90. The predicted molar refractivity (Wildman–Crippen MR) is 83.6 cm³/mol. The van der Waals surface area contributed by atoms with E-state index in [4.69, 9.17) is 9.15 Å². The van der Waals surface area contributed by atoms with Crippen molar-refractivity contribution in [1.29, 1.82) is 0 Å². The zero-order chi connectivity index (χ0) is 16.8. The Kier molecular flexibility index (Phi) is 3.67. The first-order valence-electron chi connectivity index (χ1n) is 8.65. The Labute approximate surface area is 140 Å². The summed E-state index contributed by atoms with van der Waals surface area (Å²) < 4.78 is 10.4. The average molecular weight is 333 g/mol. The van der Waals surface area contributed by atoms with Crippen LogP contribution in [0.5, 0.6) is 0 Å². The molecule has 4 aliphatic carbocycles. The van der Waals surface area contributed by atoms with Gasteiger partial charge < -0.3 is 19.6 Å². The fourth-order valence-corrected chi connectivity index (χ4v) is 5.39. The molecule has 0 aromatic carbocycles. The van der Waals surface area contributed by atoms with Crippen LogP contribution in [0.25, 0.3) is 0 Å². The normalized spacial score (nSPS) is 36.5. The zero-order valence-corrected chi connectivity index (χ0v) is 13.6. The molecule has 4 atom stereocenters. The first-order valence-corrected chi connectivity index (χ1v) is 8.65. The molecule has 24 heavy (non-hydrogen) atoms. The van der Waals surface area contributed by atoms with Crippen LogP contribution in [-0.2, 0) is 20.9 Å². The van der Waals surface area contributed by atoms with E-state index in [9.17, 15) is 14.7 Å². The standard InChI is InChI=1S/C18H23NO5/c20-15(19-9-14-2-1-3-23-14)10-24-16(21)17-5-12-4-13(6-17)8-18(22,7-12)11-17/h1-3,12-13,22H,4-11H2,(H,19,20)/t12-,13+,17?,18?. The van der Waals surface area contributed by atoms with Crippen molar-refractivity contribution < 1.29 is 23.8 Å². The molecule has 0 aliphatic heterocycles. The maximum absolute atomic E-state index is 12.6. The fraction of sp³-hybridized carbons (Fsp3) is 0.667. The Balaban J connectivity index is 1.32. The van der Waals surface area contributed by atoms with Gasteiger partial charge in [-0.05, 0) is 62.5 Å². The van der Waals surface area contributed by atoms with E-state index in [2.05, 4.69) is 5.32 Å². The van der Waals surface area contributed by atoms with Gasteiger partial charge in [-0.1, -0.05) is 0 Å². The van der Waals surface area contributed by atoms with E-state index in [1.807, 2.05) is 0 Å². The smallest absolute Gasteiger partial charge is 0.312 e. The number of hydrogen-bond donors (Lipinski definition) is 2. The molecule has 4 fully saturated rings. The van der Waals surface area contributed by atoms with Crippen LogP contribution in [-0.4, -0.2) is 29.2 Å². The highest BCUT2D eigenvalue weighted by Gasteiger charge is 2.60. The molecule has 4 bridgehead atoms. The van der Waals surface area contributed by atoms with E-state index in [1.54, 1.807) is 18.4 Å². The number of amides is 1. The van der Waals surface area contributed by atoms with E-state index < -0.39 is 11.0 Å². The van der Waals surface area contributed by atoms with E-state index >= 15 is 0 Å². The van der Waals surface area contributed by atoms with Crippen LogP contribution in [0.3, 0.4) is 0 Å². The summed E-state index contributed by atoms with van der Waals surface area (Å²) in [4.78, 5) is 24.5. The maximum atomic E-state index is 12.6. The van der Waals surface area contributed by atoms with Crippen LogP contribution < -0.4 is 5.32 Å². The summed E-state index contributed by atoms with van der Waals surface area (Å²) in [5, 5.41) is 13.3. The van der Waals surface area contributed by atoms with E-state index in [0.717, 1.165) is 32.1 Å². The highest BCUT2D eigenvalue weighted by Crippen LogP contribution is 2.61. The van der Waals surface area contributed by atoms with Crippen LogP contribution in [0.15, 0.2) is 22.8 Å². The van der Waals surface area contributed by atoms with Gasteiger partial charge in [-0.3, -0.25) is 9.59 Å². The Morgan fingerprint density at radius 2 is 2.04 bits per heavy atom. The Hall–Kier alpha value is -1.82. The second kappa shape index (κ2) is 5.62. The van der Waals surface area contributed by atoms with Gasteiger partial charge in [0.15, 0.2) is 6.61 Å². The minimum Gasteiger partial charge on any atom is -0.467 e. The van der Waals surface area contributed by atoms with Crippen molar-refractivity contribution in [1.82, 2.24) is 5.32 Å². The SMILES string of the molecule is O=C(COC(=O)C12C[C@@H]3C[C@@H](CC(O)(C3)C1)C2)NCc1ccco1. The van der Waals surface area contributed by atoms with Gasteiger partial charge in [0.25, 0.3) is 5.91 Å². The minimum absolute atomic E-state index is 0.276. The van der Waals surface area contributed by atoms with Crippen molar-refractivity contribution in [2.24, 2.45) is 17.3 Å². The largest absolute Gasteiger partial charge is 0.467 e. The van der Waals surface area contributed by atoms with Crippen molar-refractivity contribution in [3.05, 3.63) is 24.2 Å². The van der Waals surface area contributed by atoms with E-state index in [1.165, 1.54) is 0 Å². The number of aliphatic hydroxyl groups is 1. The minimum atomic E-state index is -0.704. The molecule has 1 amide bonds. The quantitative estimate of drug-likeness (QED) is 0.802. The third-order valence-electron chi connectivity index (χ3n) is 5.84. The van der Waals surface area contributed by atoms with Crippen LogP contribution >= 0.6 is 0 Å². The van der Waals surface area contributed by atoms with Crippen molar-refractivity contribution >= 4 is 11.9 Å².